The molecule has 0 fully saturated rings. The second-order valence-electron chi connectivity index (χ2n) is 7.21. The Morgan fingerprint density at radius 1 is 1.19 bits per heavy atom. The minimum atomic E-state index is -4.35. The molecule has 1 aromatic carbocycles. The quantitative estimate of drug-likeness (QED) is 0.431. The summed E-state index contributed by atoms with van der Waals surface area (Å²) in [6, 6.07) is 5.62. The number of aryl methyl sites for hydroxylation is 1. The molecule has 0 aliphatic rings. The van der Waals surface area contributed by atoms with E-state index in [4.69, 9.17) is 11.6 Å². The van der Waals surface area contributed by atoms with Crippen molar-refractivity contribution in [2.24, 2.45) is 0 Å². The van der Waals surface area contributed by atoms with E-state index in [1.54, 1.807) is 25.1 Å². The number of halogens is 4. The van der Waals surface area contributed by atoms with Crippen LogP contribution in [0.2, 0.25) is 5.02 Å². The Balaban J connectivity index is 1.91. The summed E-state index contributed by atoms with van der Waals surface area (Å²) in [4.78, 5) is 8.55. The molecule has 4 aromatic rings. The van der Waals surface area contributed by atoms with Gasteiger partial charge in [-0.25, -0.2) is 13.4 Å². The van der Waals surface area contributed by atoms with Crippen molar-refractivity contribution in [3.8, 4) is 0 Å². The summed E-state index contributed by atoms with van der Waals surface area (Å²) < 4.78 is 66.2. The van der Waals surface area contributed by atoms with E-state index in [0.29, 0.717) is 32.8 Å². The summed E-state index contributed by atoms with van der Waals surface area (Å²) in [6.07, 6.45) is -1.43. The zero-order chi connectivity index (χ0) is 22.6. The van der Waals surface area contributed by atoms with Crippen LogP contribution in [-0.2, 0) is 16.4 Å². The monoisotopic (exact) mass is 471 g/mol. The van der Waals surface area contributed by atoms with Crippen LogP contribution in [0.5, 0.6) is 0 Å². The fourth-order valence-corrected chi connectivity index (χ4v) is 4.52. The zero-order valence-electron chi connectivity index (χ0n) is 16.4. The van der Waals surface area contributed by atoms with Crippen LogP contribution in [0.15, 0.2) is 41.7 Å². The van der Waals surface area contributed by atoms with E-state index >= 15 is 0 Å². The number of imidazole rings is 1. The largest absolute Gasteiger partial charge is 0.390 e. The number of hydrogen-bond acceptors (Lipinski definition) is 5. The molecule has 3 aromatic heterocycles. The maximum atomic E-state index is 13.0. The molecule has 4 rings (SSSR count). The van der Waals surface area contributed by atoms with Gasteiger partial charge in [0.15, 0.2) is 14.9 Å². The van der Waals surface area contributed by atoms with Crippen molar-refractivity contribution in [1.82, 2.24) is 24.3 Å². The topological polar surface area (TPSA) is 82.7 Å². The lowest BCUT2D eigenvalue weighted by molar-refractivity contribution is -0.136. The minimum Gasteiger partial charge on any atom is -0.326 e. The third-order valence-electron chi connectivity index (χ3n) is 4.93. The molecule has 0 spiro atoms. The molecule has 164 valence electrons. The molecule has 0 bridgehead atoms. The lowest BCUT2D eigenvalue weighted by Crippen LogP contribution is -2.18. The van der Waals surface area contributed by atoms with Gasteiger partial charge in [-0.05, 0) is 31.2 Å². The Morgan fingerprint density at radius 2 is 1.94 bits per heavy atom. The molecule has 0 aliphatic carbocycles. The first-order chi connectivity index (χ1) is 14.5. The van der Waals surface area contributed by atoms with E-state index in [0.717, 1.165) is 6.26 Å². The zero-order valence-corrected chi connectivity index (χ0v) is 18.0. The number of hydrogen-bond donors (Lipinski definition) is 0. The average molecular weight is 472 g/mol. The molecule has 0 amide bonds. The highest BCUT2D eigenvalue weighted by Crippen LogP contribution is 2.31. The van der Waals surface area contributed by atoms with Crippen molar-refractivity contribution in [2.75, 3.05) is 6.26 Å². The van der Waals surface area contributed by atoms with Crippen LogP contribution >= 0.6 is 11.6 Å². The molecule has 1 atom stereocenters. The van der Waals surface area contributed by atoms with E-state index in [2.05, 4.69) is 15.1 Å². The van der Waals surface area contributed by atoms with E-state index in [-0.39, 0.29) is 11.6 Å². The van der Waals surface area contributed by atoms with Crippen molar-refractivity contribution in [1.29, 1.82) is 0 Å². The van der Waals surface area contributed by atoms with Crippen molar-refractivity contribution in [3.63, 3.8) is 0 Å². The van der Waals surface area contributed by atoms with Gasteiger partial charge >= 0.3 is 6.18 Å². The fourth-order valence-electron chi connectivity index (χ4n) is 3.55. The molecule has 7 nitrogen and oxygen atoms in total. The first kappa shape index (κ1) is 21.6. The highest BCUT2D eigenvalue weighted by Gasteiger charge is 2.30. The van der Waals surface area contributed by atoms with Gasteiger partial charge in [-0.1, -0.05) is 11.6 Å². The number of nitrogens with zero attached hydrogens (tertiary/aromatic N) is 5. The van der Waals surface area contributed by atoms with Crippen LogP contribution in [0, 0.1) is 0 Å². The Bertz CT molecular complexity index is 1400. The summed E-state index contributed by atoms with van der Waals surface area (Å²) in [5, 5.41) is 4.92. The van der Waals surface area contributed by atoms with Crippen LogP contribution in [0.25, 0.3) is 21.9 Å². The SMILES string of the molecule is CC(c1nc2cc(Cl)ccc2n1CCC(F)(F)F)n1nc(S(C)(=O)=O)c2ccncc21. The van der Waals surface area contributed by atoms with Gasteiger partial charge < -0.3 is 4.57 Å². The van der Waals surface area contributed by atoms with Gasteiger partial charge in [0.2, 0.25) is 0 Å². The van der Waals surface area contributed by atoms with E-state index in [1.165, 1.54) is 27.7 Å². The molecular formula is C19H17ClF3N5O2S. The van der Waals surface area contributed by atoms with Crippen molar-refractivity contribution < 1.29 is 21.6 Å². The molecule has 0 saturated carbocycles. The van der Waals surface area contributed by atoms with Gasteiger partial charge in [0.1, 0.15) is 11.9 Å². The normalized spacial score (nSPS) is 13.9. The standard InChI is InChI=1S/C19H17ClF3N5O2S/c1-11(28-16-10-24-7-5-13(16)18(26-28)31(2,29)30)17-25-14-9-12(20)3-4-15(14)27(17)8-6-19(21,22)23/h3-5,7,9-11H,6,8H2,1-2H3. The number of aromatic nitrogens is 5. The molecule has 0 aliphatic heterocycles. The minimum absolute atomic E-state index is 0.127. The van der Waals surface area contributed by atoms with Crippen LogP contribution < -0.4 is 0 Å². The summed E-state index contributed by atoms with van der Waals surface area (Å²) >= 11 is 6.04. The smallest absolute Gasteiger partial charge is 0.326 e. The highest BCUT2D eigenvalue weighted by atomic mass is 35.5. The summed E-state index contributed by atoms with van der Waals surface area (Å²) in [5.74, 6) is 0.301. The van der Waals surface area contributed by atoms with E-state index < -0.39 is 28.5 Å². The second kappa shape index (κ2) is 7.49. The van der Waals surface area contributed by atoms with Crippen LogP contribution in [-0.4, -0.2) is 45.2 Å². The van der Waals surface area contributed by atoms with Crippen molar-refractivity contribution in [3.05, 3.63) is 47.5 Å². The summed E-state index contributed by atoms with van der Waals surface area (Å²) in [7, 11) is -3.65. The highest BCUT2D eigenvalue weighted by molar-refractivity contribution is 7.90. The van der Waals surface area contributed by atoms with Crippen LogP contribution in [0.1, 0.15) is 25.2 Å². The molecule has 1 unspecified atom stereocenters. The average Bonchev–Trinajstić information content (AvgIpc) is 3.23. The number of alkyl halides is 3. The third kappa shape index (κ3) is 4.11. The molecule has 0 N–H and O–H groups in total. The fraction of sp³-hybridized carbons (Fsp3) is 0.316. The number of pyridine rings is 1. The molecule has 0 saturated heterocycles. The predicted molar refractivity (Wildman–Crippen MR) is 110 cm³/mol. The van der Waals surface area contributed by atoms with Crippen molar-refractivity contribution in [2.45, 2.75) is 37.1 Å². The molecule has 3 heterocycles. The maximum Gasteiger partial charge on any atom is 0.390 e. The van der Waals surface area contributed by atoms with Crippen LogP contribution in [0.4, 0.5) is 13.2 Å². The number of benzene rings is 1. The number of rotatable bonds is 5. The first-order valence-corrected chi connectivity index (χ1v) is 11.5. The van der Waals surface area contributed by atoms with E-state index in [9.17, 15) is 21.6 Å². The van der Waals surface area contributed by atoms with Crippen LogP contribution in [0.3, 0.4) is 0 Å². The van der Waals surface area contributed by atoms with Gasteiger partial charge in [0.25, 0.3) is 0 Å². The molecule has 31 heavy (non-hydrogen) atoms. The van der Waals surface area contributed by atoms with Gasteiger partial charge in [0, 0.05) is 29.4 Å². The van der Waals surface area contributed by atoms with Gasteiger partial charge in [-0.2, -0.15) is 18.3 Å². The number of sulfone groups is 1. The van der Waals surface area contributed by atoms with E-state index in [1.807, 2.05) is 0 Å². The lowest BCUT2D eigenvalue weighted by atomic mass is 10.2. The summed E-state index contributed by atoms with van der Waals surface area (Å²) in [6.45, 7) is 1.34. The van der Waals surface area contributed by atoms with Crippen molar-refractivity contribution >= 4 is 43.4 Å². The lowest BCUT2D eigenvalue weighted by Gasteiger charge is -2.17. The summed E-state index contributed by atoms with van der Waals surface area (Å²) in [5.41, 5.74) is 1.37. The third-order valence-corrected chi connectivity index (χ3v) is 6.17. The Labute approximate surface area is 180 Å². The molecular weight excluding hydrogens is 455 g/mol. The maximum absolute atomic E-state index is 13.0. The Morgan fingerprint density at radius 3 is 2.61 bits per heavy atom. The Hall–Kier alpha value is -2.66. The van der Waals surface area contributed by atoms with Gasteiger partial charge in [0.05, 0.1) is 29.2 Å². The second-order valence-corrected chi connectivity index (χ2v) is 9.58. The Kier molecular flexibility index (Phi) is 5.21. The number of fused-ring (bicyclic) bond motifs is 2. The molecule has 12 heteroatoms. The van der Waals surface area contributed by atoms with Gasteiger partial charge in [-0.3, -0.25) is 9.67 Å². The molecule has 0 radical (unpaired) electrons. The predicted octanol–water partition coefficient (Wildman–Crippen LogP) is 4.40. The van der Waals surface area contributed by atoms with Gasteiger partial charge in [-0.15, -0.1) is 0 Å². The first-order valence-electron chi connectivity index (χ1n) is 9.20.